The molecule has 88 valence electrons. The van der Waals surface area contributed by atoms with Gasteiger partial charge in [-0.15, -0.1) is 0 Å². The van der Waals surface area contributed by atoms with Crippen molar-refractivity contribution in [2.24, 2.45) is 11.7 Å². The third-order valence-electron chi connectivity index (χ3n) is 2.83. The Kier molecular flexibility index (Phi) is 3.51. The minimum absolute atomic E-state index is 0.0397. The Morgan fingerprint density at radius 1 is 1.62 bits per heavy atom. The molecule has 1 aliphatic carbocycles. The molecule has 0 radical (unpaired) electrons. The molecule has 1 fully saturated rings. The van der Waals surface area contributed by atoms with Crippen molar-refractivity contribution < 1.29 is 4.79 Å². The number of carbonyl (C=O) groups excluding carboxylic acids is 1. The van der Waals surface area contributed by atoms with E-state index in [1.807, 2.05) is 0 Å². The zero-order valence-electron chi connectivity index (χ0n) is 9.17. The van der Waals surface area contributed by atoms with Crippen molar-refractivity contribution in [3.8, 4) is 0 Å². The van der Waals surface area contributed by atoms with E-state index in [1.54, 1.807) is 11.0 Å². The Labute approximate surface area is 94.2 Å². The van der Waals surface area contributed by atoms with E-state index in [4.69, 9.17) is 5.73 Å². The van der Waals surface area contributed by atoms with Gasteiger partial charge >= 0.3 is 0 Å². The molecule has 1 saturated carbocycles. The molecule has 1 aromatic rings. The van der Waals surface area contributed by atoms with Gasteiger partial charge in [-0.2, -0.15) is 5.10 Å². The van der Waals surface area contributed by atoms with Gasteiger partial charge in [0.1, 0.15) is 12.7 Å². The van der Waals surface area contributed by atoms with E-state index in [2.05, 4.69) is 15.4 Å². The molecule has 1 aromatic heterocycles. The number of hydrogen-bond acceptors (Lipinski definition) is 4. The monoisotopic (exact) mass is 223 g/mol. The van der Waals surface area contributed by atoms with Crippen LogP contribution in [0.1, 0.15) is 19.3 Å². The first-order valence-corrected chi connectivity index (χ1v) is 5.61. The van der Waals surface area contributed by atoms with Crippen LogP contribution in [0.2, 0.25) is 0 Å². The zero-order chi connectivity index (χ0) is 11.4. The minimum atomic E-state index is 0.0397. The maximum Gasteiger partial charge on any atom is 0.222 e. The number of amides is 1. The van der Waals surface area contributed by atoms with Crippen LogP contribution in [0, 0.1) is 5.92 Å². The maximum absolute atomic E-state index is 11.6. The number of aryl methyl sites for hydroxylation is 1. The molecule has 6 nitrogen and oxygen atoms in total. The highest BCUT2D eigenvalue weighted by molar-refractivity contribution is 5.76. The highest BCUT2D eigenvalue weighted by Crippen LogP contribution is 2.32. The summed E-state index contributed by atoms with van der Waals surface area (Å²) in [6.07, 6.45) is 5.86. The summed E-state index contributed by atoms with van der Waals surface area (Å²) < 4.78 is 1.65. The fraction of sp³-hybridized carbons (Fsp3) is 0.700. The number of nitrogens with one attached hydrogen (secondary N) is 1. The predicted octanol–water partition coefficient (Wildman–Crippen LogP) is -0.478. The standard InChI is InChI=1S/C10H17N5O/c11-5-9(8-1-2-8)14-10(16)3-4-15-7-12-6-13-15/h6-9H,1-5,11H2,(H,14,16). The second-order valence-corrected chi connectivity index (χ2v) is 4.16. The lowest BCUT2D eigenvalue weighted by molar-refractivity contribution is -0.122. The summed E-state index contributed by atoms with van der Waals surface area (Å²) in [7, 11) is 0. The van der Waals surface area contributed by atoms with Crippen molar-refractivity contribution in [1.29, 1.82) is 0 Å². The second kappa shape index (κ2) is 5.07. The Bertz CT molecular complexity index is 333. The summed E-state index contributed by atoms with van der Waals surface area (Å²) in [4.78, 5) is 15.4. The molecule has 0 aliphatic heterocycles. The van der Waals surface area contributed by atoms with Gasteiger partial charge in [0.05, 0.1) is 6.54 Å². The molecule has 2 rings (SSSR count). The van der Waals surface area contributed by atoms with Crippen molar-refractivity contribution in [3.63, 3.8) is 0 Å². The normalized spacial score (nSPS) is 17.1. The molecule has 1 unspecified atom stereocenters. The number of nitrogens with zero attached hydrogens (tertiary/aromatic N) is 3. The SMILES string of the molecule is NCC(NC(=O)CCn1cncn1)C1CC1. The van der Waals surface area contributed by atoms with Crippen LogP contribution in [-0.2, 0) is 11.3 Å². The molecule has 0 aromatic carbocycles. The Hall–Kier alpha value is -1.43. The average Bonchev–Trinajstić information content (AvgIpc) is 3.00. The first-order chi connectivity index (χ1) is 7.79. The third kappa shape index (κ3) is 3.03. The van der Waals surface area contributed by atoms with Crippen molar-refractivity contribution in [3.05, 3.63) is 12.7 Å². The fourth-order valence-electron chi connectivity index (χ4n) is 1.71. The zero-order valence-corrected chi connectivity index (χ0v) is 9.17. The Balaban J connectivity index is 1.71. The van der Waals surface area contributed by atoms with Gasteiger partial charge in [0.25, 0.3) is 0 Å². The molecule has 1 aliphatic rings. The number of rotatable bonds is 6. The summed E-state index contributed by atoms with van der Waals surface area (Å²) in [5, 5.41) is 6.90. The Morgan fingerprint density at radius 2 is 2.44 bits per heavy atom. The highest BCUT2D eigenvalue weighted by atomic mass is 16.1. The maximum atomic E-state index is 11.6. The van der Waals surface area contributed by atoms with Gasteiger partial charge < -0.3 is 11.1 Å². The van der Waals surface area contributed by atoms with E-state index in [1.165, 1.54) is 19.2 Å². The summed E-state index contributed by atoms with van der Waals surface area (Å²) in [5.41, 5.74) is 5.61. The van der Waals surface area contributed by atoms with Crippen LogP contribution in [0.4, 0.5) is 0 Å². The van der Waals surface area contributed by atoms with Crippen LogP contribution >= 0.6 is 0 Å². The molecule has 0 saturated heterocycles. The first kappa shape index (κ1) is 11.1. The van der Waals surface area contributed by atoms with E-state index >= 15 is 0 Å². The molecule has 1 amide bonds. The average molecular weight is 223 g/mol. The van der Waals surface area contributed by atoms with Crippen molar-refractivity contribution in [2.75, 3.05) is 6.54 Å². The second-order valence-electron chi connectivity index (χ2n) is 4.16. The molecule has 0 bridgehead atoms. The van der Waals surface area contributed by atoms with Gasteiger partial charge in [0.15, 0.2) is 0 Å². The quantitative estimate of drug-likeness (QED) is 0.682. The third-order valence-corrected chi connectivity index (χ3v) is 2.83. The van der Waals surface area contributed by atoms with E-state index in [0.717, 1.165) is 0 Å². The summed E-state index contributed by atoms with van der Waals surface area (Å²) in [6.45, 7) is 1.09. The van der Waals surface area contributed by atoms with Gasteiger partial charge in [-0.1, -0.05) is 0 Å². The van der Waals surface area contributed by atoms with Crippen molar-refractivity contribution in [2.45, 2.75) is 31.8 Å². The first-order valence-electron chi connectivity index (χ1n) is 5.61. The largest absolute Gasteiger partial charge is 0.352 e. The molecule has 1 atom stereocenters. The number of aromatic nitrogens is 3. The number of nitrogens with two attached hydrogens (primary N) is 1. The van der Waals surface area contributed by atoms with Gasteiger partial charge in [-0.25, -0.2) is 4.98 Å². The van der Waals surface area contributed by atoms with Crippen LogP contribution in [0.25, 0.3) is 0 Å². The highest BCUT2D eigenvalue weighted by Gasteiger charge is 2.30. The van der Waals surface area contributed by atoms with Crippen LogP contribution < -0.4 is 11.1 Å². The lowest BCUT2D eigenvalue weighted by atomic mass is 10.2. The lowest BCUT2D eigenvalue weighted by Gasteiger charge is -2.15. The Morgan fingerprint density at radius 3 is 3.00 bits per heavy atom. The van der Waals surface area contributed by atoms with Crippen molar-refractivity contribution in [1.82, 2.24) is 20.1 Å². The molecule has 16 heavy (non-hydrogen) atoms. The molecule has 6 heteroatoms. The van der Waals surface area contributed by atoms with Gasteiger partial charge in [-0.05, 0) is 18.8 Å². The molecule has 3 N–H and O–H groups in total. The van der Waals surface area contributed by atoms with Gasteiger partial charge in [-0.3, -0.25) is 9.48 Å². The van der Waals surface area contributed by atoms with Gasteiger partial charge in [0, 0.05) is 19.0 Å². The summed E-state index contributed by atoms with van der Waals surface area (Å²) in [5.74, 6) is 0.637. The molecular formula is C10H17N5O. The van der Waals surface area contributed by atoms with Crippen LogP contribution in [0.15, 0.2) is 12.7 Å². The van der Waals surface area contributed by atoms with E-state index in [-0.39, 0.29) is 11.9 Å². The molecular weight excluding hydrogens is 206 g/mol. The fourth-order valence-corrected chi connectivity index (χ4v) is 1.71. The van der Waals surface area contributed by atoms with Crippen LogP contribution in [-0.4, -0.2) is 33.3 Å². The molecule has 0 spiro atoms. The van der Waals surface area contributed by atoms with E-state index in [0.29, 0.717) is 25.4 Å². The lowest BCUT2D eigenvalue weighted by Crippen LogP contribution is -2.42. The van der Waals surface area contributed by atoms with Crippen molar-refractivity contribution >= 4 is 5.91 Å². The predicted molar refractivity (Wildman–Crippen MR) is 58.3 cm³/mol. The number of hydrogen-bond donors (Lipinski definition) is 2. The number of carbonyl (C=O) groups is 1. The summed E-state index contributed by atoms with van der Waals surface area (Å²) in [6, 6.07) is 0.156. The van der Waals surface area contributed by atoms with Gasteiger partial charge in [0.2, 0.25) is 5.91 Å². The minimum Gasteiger partial charge on any atom is -0.352 e. The van der Waals surface area contributed by atoms with Crippen LogP contribution in [0.5, 0.6) is 0 Å². The topological polar surface area (TPSA) is 85.8 Å². The van der Waals surface area contributed by atoms with E-state index in [9.17, 15) is 4.79 Å². The smallest absolute Gasteiger partial charge is 0.222 e. The van der Waals surface area contributed by atoms with Crippen LogP contribution in [0.3, 0.4) is 0 Å². The van der Waals surface area contributed by atoms with E-state index < -0.39 is 0 Å². The summed E-state index contributed by atoms with van der Waals surface area (Å²) >= 11 is 0. The molecule has 1 heterocycles.